The lowest BCUT2D eigenvalue weighted by Gasteiger charge is -2.15. The molecule has 0 aliphatic carbocycles. The van der Waals surface area contributed by atoms with Crippen LogP contribution in [0.2, 0.25) is 0 Å². The molecule has 0 unspecified atom stereocenters. The Labute approximate surface area is 122 Å². The highest BCUT2D eigenvalue weighted by Crippen LogP contribution is 2.23. The lowest BCUT2D eigenvalue weighted by atomic mass is 10.2. The Morgan fingerprint density at radius 3 is 2.38 bits per heavy atom. The number of para-hydroxylation sites is 1. The van der Waals surface area contributed by atoms with E-state index in [0.717, 1.165) is 0 Å². The van der Waals surface area contributed by atoms with E-state index in [2.05, 4.69) is 10.0 Å². The van der Waals surface area contributed by atoms with Crippen molar-refractivity contribution in [2.24, 2.45) is 0 Å². The van der Waals surface area contributed by atoms with E-state index in [4.69, 9.17) is 0 Å². The molecule has 21 heavy (non-hydrogen) atoms. The van der Waals surface area contributed by atoms with Gasteiger partial charge in [0, 0.05) is 19.0 Å². The van der Waals surface area contributed by atoms with Crippen LogP contribution in [-0.4, -0.2) is 27.2 Å². The predicted molar refractivity (Wildman–Crippen MR) is 75.7 cm³/mol. The van der Waals surface area contributed by atoms with Crippen LogP contribution in [0.25, 0.3) is 0 Å². The van der Waals surface area contributed by atoms with E-state index in [1.807, 2.05) is 0 Å². The molecule has 0 aliphatic heterocycles. The third-order valence-electron chi connectivity index (χ3n) is 2.52. The Kier molecular flexibility index (Phi) is 6.03. The van der Waals surface area contributed by atoms with Crippen LogP contribution in [0.5, 0.6) is 0 Å². The lowest BCUT2D eigenvalue weighted by Crippen LogP contribution is -2.30. The molecule has 0 saturated carbocycles. The molecule has 4 nitrogen and oxygen atoms in total. The summed E-state index contributed by atoms with van der Waals surface area (Å²) in [4.78, 5) is 0.0331. The molecular formula is C13H19F3N2O2S. The van der Waals surface area contributed by atoms with Crippen molar-refractivity contribution in [1.82, 2.24) is 4.72 Å². The van der Waals surface area contributed by atoms with Crippen LogP contribution in [0.15, 0.2) is 29.2 Å². The smallest absolute Gasteiger partial charge is 0.384 e. The maximum Gasteiger partial charge on any atom is 0.389 e. The maximum absolute atomic E-state index is 12.1. The van der Waals surface area contributed by atoms with Gasteiger partial charge >= 0.3 is 6.18 Å². The molecule has 0 heterocycles. The summed E-state index contributed by atoms with van der Waals surface area (Å²) in [6.45, 7) is 3.43. The van der Waals surface area contributed by atoms with E-state index in [9.17, 15) is 21.6 Å². The summed E-state index contributed by atoms with van der Waals surface area (Å²) in [6.07, 6.45) is -5.22. The van der Waals surface area contributed by atoms with Gasteiger partial charge in [-0.25, -0.2) is 13.1 Å². The van der Waals surface area contributed by atoms with Crippen molar-refractivity contribution in [2.75, 3.05) is 11.9 Å². The molecule has 0 aliphatic rings. The van der Waals surface area contributed by atoms with Crippen molar-refractivity contribution in [3.05, 3.63) is 24.3 Å². The number of sulfonamides is 1. The van der Waals surface area contributed by atoms with E-state index in [1.165, 1.54) is 12.1 Å². The zero-order chi connectivity index (χ0) is 16.1. The van der Waals surface area contributed by atoms with Crippen LogP contribution in [0.3, 0.4) is 0 Å². The largest absolute Gasteiger partial charge is 0.389 e. The van der Waals surface area contributed by atoms with Gasteiger partial charge in [0.25, 0.3) is 0 Å². The Morgan fingerprint density at radius 2 is 1.81 bits per heavy atom. The van der Waals surface area contributed by atoms with Gasteiger partial charge in [-0.1, -0.05) is 12.1 Å². The summed E-state index contributed by atoms with van der Waals surface area (Å²) in [5, 5.41) is 2.75. The minimum atomic E-state index is -4.20. The first-order valence-corrected chi connectivity index (χ1v) is 8.02. The Balaban J connectivity index is 2.76. The summed E-state index contributed by atoms with van der Waals surface area (Å²) in [6, 6.07) is 5.86. The number of benzene rings is 1. The number of anilines is 1. The fourth-order valence-corrected chi connectivity index (χ4v) is 3.17. The minimum Gasteiger partial charge on any atom is -0.384 e. The third-order valence-corrected chi connectivity index (χ3v) is 4.24. The first-order chi connectivity index (χ1) is 9.62. The molecule has 1 rings (SSSR count). The number of hydrogen-bond acceptors (Lipinski definition) is 3. The van der Waals surface area contributed by atoms with Crippen molar-refractivity contribution in [3.63, 3.8) is 0 Å². The van der Waals surface area contributed by atoms with Gasteiger partial charge in [-0.05, 0) is 32.4 Å². The zero-order valence-corrected chi connectivity index (χ0v) is 12.7. The molecule has 1 aromatic rings. The van der Waals surface area contributed by atoms with Crippen molar-refractivity contribution in [3.8, 4) is 0 Å². The Hall–Kier alpha value is -1.28. The van der Waals surface area contributed by atoms with Crippen LogP contribution < -0.4 is 10.0 Å². The molecule has 0 aromatic heterocycles. The average Bonchev–Trinajstić information content (AvgIpc) is 2.32. The fourth-order valence-electron chi connectivity index (χ4n) is 1.73. The second kappa shape index (κ2) is 7.13. The van der Waals surface area contributed by atoms with Gasteiger partial charge in [0.1, 0.15) is 4.90 Å². The highest BCUT2D eigenvalue weighted by molar-refractivity contribution is 7.89. The highest BCUT2D eigenvalue weighted by Gasteiger charge is 2.26. The summed E-state index contributed by atoms with van der Waals surface area (Å²) in [5.74, 6) is 0. The van der Waals surface area contributed by atoms with E-state index in [0.29, 0.717) is 5.69 Å². The van der Waals surface area contributed by atoms with E-state index in [-0.39, 0.29) is 23.9 Å². The second-order valence-corrected chi connectivity index (χ2v) is 6.60. The fraction of sp³-hybridized carbons (Fsp3) is 0.538. The summed E-state index contributed by atoms with van der Waals surface area (Å²) < 4.78 is 62.9. The summed E-state index contributed by atoms with van der Waals surface area (Å²) in [5.41, 5.74) is 0.299. The van der Waals surface area contributed by atoms with Crippen molar-refractivity contribution in [2.45, 2.75) is 43.8 Å². The van der Waals surface area contributed by atoms with Gasteiger partial charge in [0.05, 0.1) is 5.69 Å². The minimum absolute atomic E-state index is 0.0331. The van der Waals surface area contributed by atoms with Gasteiger partial charge in [-0.15, -0.1) is 0 Å². The first kappa shape index (κ1) is 17.8. The van der Waals surface area contributed by atoms with Gasteiger partial charge in [0.2, 0.25) is 10.0 Å². The molecule has 0 amide bonds. The van der Waals surface area contributed by atoms with Crippen LogP contribution >= 0.6 is 0 Å². The topological polar surface area (TPSA) is 58.2 Å². The zero-order valence-electron chi connectivity index (χ0n) is 11.9. The van der Waals surface area contributed by atoms with Gasteiger partial charge < -0.3 is 5.32 Å². The molecule has 8 heteroatoms. The van der Waals surface area contributed by atoms with E-state index < -0.39 is 22.6 Å². The SMILES string of the molecule is CC(C)NS(=O)(=O)c1ccccc1NCCCC(F)(F)F. The van der Waals surface area contributed by atoms with Crippen molar-refractivity contribution < 1.29 is 21.6 Å². The number of rotatable bonds is 7. The molecule has 2 N–H and O–H groups in total. The number of nitrogens with one attached hydrogen (secondary N) is 2. The van der Waals surface area contributed by atoms with Crippen molar-refractivity contribution in [1.29, 1.82) is 0 Å². The molecule has 0 saturated heterocycles. The first-order valence-electron chi connectivity index (χ1n) is 6.54. The van der Waals surface area contributed by atoms with Gasteiger partial charge in [-0.3, -0.25) is 0 Å². The average molecular weight is 324 g/mol. The molecule has 0 bridgehead atoms. The molecule has 0 atom stereocenters. The van der Waals surface area contributed by atoms with Crippen molar-refractivity contribution >= 4 is 15.7 Å². The Bertz CT molecular complexity index is 557. The highest BCUT2D eigenvalue weighted by atomic mass is 32.2. The molecule has 0 radical (unpaired) electrons. The van der Waals surface area contributed by atoms with Crippen LogP contribution in [0.4, 0.5) is 18.9 Å². The monoisotopic (exact) mass is 324 g/mol. The molecular weight excluding hydrogens is 305 g/mol. The third kappa shape index (κ3) is 6.34. The van der Waals surface area contributed by atoms with Gasteiger partial charge in [0.15, 0.2) is 0 Å². The molecule has 1 aromatic carbocycles. The number of alkyl halides is 3. The van der Waals surface area contributed by atoms with Crippen LogP contribution in [-0.2, 0) is 10.0 Å². The lowest BCUT2D eigenvalue weighted by molar-refractivity contribution is -0.134. The number of halogens is 3. The Morgan fingerprint density at radius 1 is 1.19 bits per heavy atom. The maximum atomic E-state index is 12.1. The van der Waals surface area contributed by atoms with Crippen LogP contribution in [0, 0.1) is 0 Å². The number of hydrogen-bond donors (Lipinski definition) is 2. The predicted octanol–water partition coefficient (Wildman–Crippen LogP) is 3.13. The molecule has 0 fully saturated rings. The molecule has 0 spiro atoms. The standard InChI is InChI=1S/C13H19F3N2O2S/c1-10(2)18-21(19,20)12-7-4-3-6-11(12)17-9-5-8-13(14,15)16/h3-4,6-7,10,17-18H,5,8-9H2,1-2H3. The van der Waals surface area contributed by atoms with E-state index in [1.54, 1.807) is 26.0 Å². The van der Waals surface area contributed by atoms with E-state index >= 15 is 0 Å². The molecule has 120 valence electrons. The van der Waals surface area contributed by atoms with Crippen LogP contribution in [0.1, 0.15) is 26.7 Å². The second-order valence-electron chi connectivity index (χ2n) is 4.92. The normalized spacial score (nSPS) is 12.7. The summed E-state index contributed by atoms with van der Waals surface area (Å²) >= 11 is 0. The quantitative estimate of drug-likeness (QED) is 0.758. The summed E-state index contributed by atoms with van der Waals surface area (Å²) in [7, 11) is -3.69. The van der Waals surface area contributed by atoms with Gasteiger partial charge in [-0.2, -0.15) is 13.2 Å².